The molecule has 1 aliphatic heterocycles. The summed E-state index contributed by atoms with van der Waals surface area (Å²) in [6.45, 7) is 2.10. The first-order chi connectivity index (χ1) is 10.1. The lowest BCUT2D eigenvalue weighted by atomic mass is 9.96. The SMILES string of the molecule is CC(=O)NC1CCOc2ccc(C(O)c3cccs3)cc21. The minimum atomic E-state index is -0.643. The molecule has 1 aromatic carbocycles. The number of carbonyl (C=O) groups excluding carboxylic acids is 1. The monoisotopic (exact) mass is 303 g/mol. The molecule has 4 nitrogen and oxygen atoms in total. The van der Waals surface area contributed by atoms with Crippen molar-refractivity contribution in [1.82, 2.24) is 5.32 Å². The number of hydrogen-bond donors (Lipinski definition) is 2. The number of fused-ring (bicyclic) bond motifs is 1. The number of aliphatic hydroxyl groups excluding tert-OH is 1. The fourth-order valence-electron chi connectivity index (χ4n) is 2.59. The predicted molar refractivity (Wildman–Crippen MR) is 81.5 cm³/mol. The molecule has 5 heteroatoms. The molecule has 21 heavy (non-hydrogen) atoms. The number of amides is 1. The van der Waals surface area contributed by atoms with Crippen molar-refractivity contribution in [2.75, 3.05) is 6.61 Å². The molecule has 0 spiro atoms. The predicted octanol–water partition coefficient (Wildman–Crippen LogP) is 2.79. The molecule has 0 fully saturated rings. The summed E-state index contributed by atoms with van der Waals surface area (Å²) in [6.07, 6.45) is 0.0979. The largest absolute Gasteiger partial charge is 0.493 e. The van der Waals surface area contributed by atoms with Crippen LogP contribution in [0.5, 0.6) is 5.75 Å². The highest BCUT2D eigenvalue weighted by Crippen LogP contribution is 2.35. The minimum absolute atomic E-state index is 0.0539. The molecule has 2 heterocycles. The van der Waals surface area contributed by atoms with Crippen molar-refractivity contribution in [3.8, 4) is 5.75 Å². The van der Waals surface area contributed by atoms with Crippen LogP contribution in [-0.4, -0.2) is 17.6 Å². The number of nitrogens with one attached hydrogen (secondary N) is 1. The van der Waals surface area contributed by atoms with Crippen LogP contribution in [0.15, 0.2) is 35.7 Å². The van der Waals surface area contributed by atoms with Crippen LogP contribution in [0.25, 0.3) is 0 Å². The van der Waals surface area contributed by atoms with Crippen LogP contribution >= 0.6 is 11.3 Å². The molecular formula is C16H17NO3S. The molecular weight excluding hydrogens is 286 g/mol. The van der Waals surface area contributed by atoms with Crippen LogP contribution in [0, 0.1) is 0 Å². The third-order valence-electron chi connectivity index (χ3n) is 3.58. The van der Waals surface area contributed by atoms with Crippen molar-refractivity contribution in [1.29, 1.82) is 0 Å². The van der Waals surface area contributed by atoms with Gasteiger partial charge in [-0.2, -0.15) is 0 Å². The third kappa shape index (κ3) is 2.94. The molecule has 0 saturated heterocycles. The lowest BCUT2D eigenvalue weighted by Gasteiger charge is -2.27. The van der Waals surface area contributed by atoms with Crippen molar-refractivity contribution in [2.24, 2.45) is 0 Å². The smallest absolute Gasteiger partial charge is 0.217 e. The van der Waals surface area contributed by atoms with E-state index in [4.69, 9.17) is 4.74 Å². The number of ether oxygens (including phenoxy) is 1. The number of rotatable bonds is 3. The highest BCUT2D eigenvalue weighted by atomic mass is 32.1. The first kappa shape index (κ1) is 14.1. The number of hydrogen-bond acceptors (Lipinski definition) is 4. The van der Waals surface area contributed by atoms with E-state index in [1.165, 1.54) is 18.3 Å². The van der Waals surface area contributed by atoms with Crippen molar-refractivity contribution in [2.45, 2.75) is 25.5 Å². The van der Waals surface area contributed by atoms with E-state index in [-0.39, 0.29) is 11.9 Å². The maximum absolute atomic E-state index is 11.3. The number of benzene rings is 1. The fourth-order valence-corrected chi connectivity index (χ4v) is 3.33. The van der Waals surface area contributed by atoms with E-state index >= 15 is 0 Å². The summed E-state index contributed by atoms with van der Waals surface area (Å²) >= 11 is 1.52. The van der Waals surface area contributed by atoms with Crippen LogP contribution in [0.4, 0.5) is 0 Å². The maximum atomic E-state index is 11.3. The number of aliphatic hydroxyl groups is 1. The van der Waals surface area contributed by atoms with E-state index in [1.54, 1.807) is 0 Å². The summed E-state index contributed by atoms with van der Waals surface area (Å²) in [4.78, 5) is 12.2. The Morgan fingerprint density at radius 1 is 1.48 bits per heavy atom. The van der Waals surface area contributed by atoms with E-state index in [9.17, 15) is 9.90 Å². The van der Waals surface area contributed by atoms with Gasteiger partial charge in [-0.05, 0) is 29.1 Å². The van der Waals surface area contributed by atoms with Crippen molar-refractivity contribution in [3.05, 3.63) is 51.7 Å². The molecule has 110 valence electrons. The van der Waals surface area contributed by atoms with Crippen LogP contribution < -0.4 is 10.1 Å². The van der Waals surface area contributed by atoms with Gasteiger partial charge in [0.15, 0.2) is 0 Å². The molecule has 1 aliphatic rings. The summed E-state index contributed by atoms with van der Waals surface area (Å²) in [5, 5.41) is 15.3. The third-order valence-corrected chi connectivity index (χ3v) is 4.50. The van der Waals surface area contributed by atoms with Gasteiger partial charge < -0.3 is 15.2 Å². The zero-order valence-corrected chi connectivity index (χ0v) is 12.5. The van der Waals surface area contributed by atoms with E-state index in [0.717, 1.165) is 28.2 Å². The van der Waals surface area contributed by atoms with Crippen LogP contribution in [0.2, 0.25) is 0 Å². The maximum Gasteiger partial charge on any atom is 0.217 e. The average molecular weight is 303 g/mol. The average Bonchev–Trinajstić information content (AvgIpc) is 3.00. The topological polar surface area (TPSA) is 58.6 Å². The Labute approximate surface area is 127 Å². The van der Waals surface area contributed by atoms with Crippen molar-refractivity contribution >= 4 is 17.2 Å². The minimum Gasteiger partial charge on any atom is -0.493 e. The highest BCUT2D eigenvalue weighted by molar-refractivity contribution is 7.10. The first-order valence-corrected chi connectivity index (χ1v) is 7.78. The van der Waals surface area contributed by atoms with Gasteiger partial charge in [0.05, 0.1) is 12.6 Å². The lowest BCUT2D eigenvalue weighted by molar-refractivity contribution is -0.119. The van der Waals surface area contributed by atoms with E-state index < -0.39 is 6.10 Å². The zero-order valence-electron chi connectivity index (χ0n) is 11.7. The standard InChI is InChI=1S/C16H17NO3S/c1-10(18)17-13-6-7-20-14-5-4-11(9-12(13)14)16(19)15-3-2-8-21-15/h2-5,8-9,13,16,19H,6-7H2,1H3,(H,17,18). The molecule has 1 aromatic heterocycles. The van der Waals surface area contributed by atoms with Gasteiger partial charge in [-0.1, -0.05) is 12.1 Å². The summed E-state index contributed by atoms with van der Waals surface area (Å²) in [5.41, 5.74) is 1.75. The second kappa shape index (κ2) is 5.87. The molecule has 0 saturated carbocycles. The second-order valence-electron chi connectivity index (χ2n) is 5.11. The lowest BCUT2D eigenvalue weighted by Crippen LogP contribution is -2.30. The van der Waals surface area contributed by atoms with E-state index in [0.29, 0.717) is 6.61 Å². The molecule has 0 radical (unpaired) electrons. The Bertz CT molecular complexity index is 639. The second-order valence-corrected chi connectivity index (χ2v) is 6.08. The zero-order chi connectivity index (χ0) is 14.8. The molecule has 0 bridgehead atoms. The van der Waals surface area contributed by atoms with Gasteiger partial charge in [0, 0.05) is 23.8 Å². The number of thiophene rings is 1. The van der Waals surface area contributed by atoms with E-state index in [1.807, 2.05) is 35.7 Å². The molecule has 2 atom stereocenters. The quantitative estimate of drug-likeness (QED) is 0.916. The Balaban J connectivity index is 1.93. The summed E-state index contributed by atoms with van der Waals surface area (Å²) in [7, 11) is 0. The van der Waals surface area contributed by atoms with Gasteiger partial charge in [0.2, 0.25) is 5.91 Å². The summed E-state index contributed by atoms with van der Waals surface area (Å²) in [6, 6.07) is 9.46. The number of carbonyl (C=O) groups is 1. The van der Waals surface area contributed by atoms with Gasteiger partial charge >= 0.3 is 0 Å². The summed E-state index contributed by atoms with van der Waals surface area (Å²) in [5.74, 6) is 0.721. The van der Waals surface area contributed by atoms with Crippen molar-refractivity contribution < 1.29 is 14.6 Å². The Hall–Kier alpha value is -1.85. The fraction of sp³-hybridized carbons (Fsp3) is 0.312. The molecule has 2 aromatic rings. The Morgan fingerprint density at radius 3 is 3.05 bits per heavy atom. The molecule has 0 aliphatic carbocycles. The van der Waals surface area contributed by atoms with Gasteiger partial charge in [0.1, 0.15) is 11.9 Å². The van der Waals surface area contributed by atoms with Crippen LogP contribution in [0.3, 0.4) is 0 Å². The molecule has 3 rings (SSSR count). The van der Waals surface area contributed by atoms with Gasteiger partial charge in [-0.25, -0.2) is 0 Å². The van der Waals surface area contributed by atoms with Gasteiger partial charge in [-0.3, -0.25) is 4.79 Å². The summed E-state index contributed by atoms with van der Waals surface area (Å²) < 4.78 is 5.63. The Morgan fingerprint density at radius 2 is 2.33 bits per heavy atom. The molecule has 2 N–H and O–H groups in total. The Kier molecular flexibility index (Phi) is 3.94. The normalized spacial score (nSPS) is 18.5. The van der Waals surface area contributed by atoms with Crippen LogP contribution in [-0.2, 0) is 4.79 Å². The first-order valence-electron chi connectivity index (χ1n) is 6.90. The van der Waals surface area contributed by atoms with Crippen LogP contribution in [0.1, 0.15) is 41.5 Å². The van der Waals surface area contributed by atoms with Gasteiger partial charge in [-0.15, -0.1) is 11.3 Å². The van der Waals surface area contributed by atoms with E-state index in [2.05, 4.69) is 5.32 Å². The molecule has 1 amide bonds. The van der Waals surface area contributed by atoms with Gasteiger partial charge in [0.25, 0.3) is 0 Å². The molecule has 2 unspecified atom stereocenters. The van der Waals surface area contributed by atoms with Crippen molar-refractivity contribution in [3.63, 3.8) is 0 Å². The highest BCUT2D eigenvalue weighted by Gasteiger charge is 2.24.